The number of ether oxygens (including phenoxy) is 1. The molecule has 1 fully saturated rings. The third kappa shape index (κ3) is 5.51. The van der Waals surface area contributed by atoms with Gasteiger partial charge in [-0.2, -0.15) is 18.3 Å². The highest BCUT2D eigenvalue weighted by molar-refractivity contribution is 6.04. The molecule has 0 aliphatic carbocycles. The third-order valence-corrected chi connectivity index (χ3v) is 5.55. The first-order chi connectivity index (χ1) is 15.8. The molecule has 0 radical (unpaired) electrons. The molecule has 10 heteroatoms. The summed E-state index contributed by atoms with van der Waals surface area (Å²) in [4.78, 5) is 17.0. The minimum absolute atomic E-state index is 0.106. The van der Waals surface area contributed by atoms with Gasteiger partial charge < -0.3 is 15.4 Å². The molecule has 0 bridgehead atoms. The Morgan fingerprint density at radius 2 is 2.06 bits per heavy atom. The van der Waals surface area contributed by atoms with Crippen LogP contribution in [0.15, 0.2) is 48.8 Å². The van der Waals surface area contributed by atoms with Crippen LogP contribution < -0.4 is 15.4 Å². The Labute approximate surface area is 189 Å². The van der Waals surface area contributed by atoms with Gasteiger partial charge in [0.05, 0.1) is 35.3 Å². The van der Waals surface area contributed by atoms with Crippen molar-refractivity contribution in [2.75, 3.05) is 18.5 Å². The van der Waals surface area contributed by atoms with E-state index in [-0.39, 0.29) is 5.56 Å². The SMILES string of the molecule is Cn1nccc1-c1cc(NC(=O)c2ccc(C(F)(F)F)cc2)cnc1OCCC1CCCN1. The fraction of sp³-hybridized carbons (Fsp3) is 0.348. The molecule has 1 amide bonds. The number of nitrogens with one attached hydrogen (secondary N) is 2. The first-order valence-corrected chi connectivity index (χ1v) is 10.6. The number of carbonyl (C=O) groups is 1. The maximum atomic E-state index is 12.8. The monoisotopic (exact) mass is 459 g/mol. The summed E-state index contributed by atoms with van der Waals surface area (Å²) in [6.07, 6.45) is 1.80. The van der Waals surface area contributed by atoms with Crippen LogP contribution in [0.5, 0.6) is 5.88 Å². The fourth-order valence-electron chi connectivity index (χ4n) is 3.77. The number of halogens is 3. The number of anilines is 1. The predicted octanol–water partition coefficient (Wildman–Crippen LogP) is 4.27. The van der Waals surface area contributed by atoms with Crippen molar-refractivity contribution in [2.45, 2.75) is 31.5 Å². The molecular weight excluding hydrogens is 435 g/mol. The molecular formula is C23H24F3N5O2. The quantitative estimate of drug-likeness (QED) is 0.552. The summed E-state index contributed by atoms with van der Waals surface area (Å²) in [5, 5.41) is 10.3. The average molecular weight is 459 g/mol. The minimum atomic E-state index is -4.46. The van der Waals surface area contributed by atoms with Gasteiger partial charge in [-0.25, -0.2) is 4.98 Å². The van der Waals surface area contributed by atoms with Crippen molar-refractivity contribution < 1.29 is 22.7 Å². The van der Waals surface area contributed by atoms with Crippen molar-refractivity contribution >= 4 is 11.6 Å². The van der Waals surface area contributed by atoms with Gasteiger partial charge in [-0.3, -0.25) is 9.48 Å². The zero-order valence-electron chi connectivity index (χ0n) is 18.0. The Balaban J connectivity index is 1.51. The second-order valence-corrected chi connectivity index (χ2v) is 7.88. The summed E-state index contributed by atoms with van der Waals surface area (Å²) in [6, 6.07) is 8.00. The number of carbonyl (C=O) groups excluding carboxylic acids is 1. The average Bonchev–Trinajstić information content (AvgIpc) is 3.46. The Morgan fingerprint density at radius 3 is 2.70 bits per heavy atom. The molecule has 1 aliphatic rings. The highest BCUT2D eigenvalue weighted by Gasteiger charge is 2.30. The molecule has 2 N–H and O–H groups in total. The molecule has 1 unspecified atom stereocenters. The Hall–Kier alpha value is -3.40. The summed E-state index contributed by atoms with van der Waals surface area (Å²) < 4.78 is 45.9. The van der Waals surface area contributed by atoms with Crippen molar-refractivity contribution in [1.82, 2.24) is 20.1 Å². The number of benzene rings is 1. The lowest BCUT2D eigenvalue weighted by molar-refractivity contribution is -0.137. The second-order valence-electron chi connectivity index (χ2n) is 7.88. The summed E-state index contributed by atoms with van der Waals surface area (Å²) in [7, 11) is 1.79. The van der Waals surface area contributed by atoms with Gasteiger partial charge in [-0.15, -0.1) is 0 Å². The van der Waals surface area contributed by atoms with E-state index in [0.717, 1.165) is 55.8 Å². The number of hydrogen-bond acceptors (Lipinski definition) is 5. The number of pyridine rings is 1. The number of rotatable bonds is 7. The molecule has 1 aromatic carbocycles. The zero-order valence-corrected chi connectivity index (χ0v) is 18.0. The first-order valence-electron chi connectivity index (χ1n) is 10.6. The van der Waals surface area contributed by atoms with Gasteiger partial charge in [0.25, 0.3) is 5.91 Å². The largest absolute Gasteiger partial charge is 0.477 e. The van der Waals surface area contributed by atoms with Crippen LogP contribution in [-0.2, 0) is 13.2 Å². The van der Waals surface area contributed by atoms with Crippen molar-refractivity contribution in [3.63, 3.8) is 0 Å². The van der Waals surface area contributed by atoms with Crippen LogP contribution in [0.25, 0.3) is 11.3 Å². The number of aromatic nitrogens is 3. The van der Waals surface area contributed by atoms with Crippen LogP contribution in [0.3, 0.4) is 0 Å². The maximum Gasteiger partial charge on any atom is 0.416 e. The number of alkyl halides is 3. The van der Waals surface area contributed by atoms with E-state index in [1.807, 2.05) is 6.07 Å². The number of amides is 1. The van der Waals surface area contributed by atoms with Crippen LogP contribution in [0.2, 0.25) is 0 Å². The van der Waals surface area contributed by atoms with E-state index in [0.29, 0.717) is 29.8 Å². The highest BCUT2D eigenvalue weighted by atomic mass is 19.4. The molecule has 0 spiro atoms. The van der Waals surface area contributed by atoms with Crippen LogP contribution in [-0.4, -0.2) is 39.9 Å². The molecule has 0 saturated carbocycles. The van der Waals surface area contributed by atoms with Gasteiger partial charge in [0.15, 0.2) is 0 Å². The van der Waals surface area contributed by atoms with Gasteiger partial charge >= 0.3 is 6.18 Å². The number of hydrogen-bond donors (Lipinski definition) is 2. The van der Waals surface area contributed by atoms with Gasteiger partial charge in [0.2, 0.25) is 5.88 Å². The summed E-state index contributed by atoms with van der Waals surface area (Å²) in [6.45, 7) is 1.52. The van der Waals surface area contributed by atoms with Crippen LogP contribution in [0.1, 0.15) is 35.2 Å². The normalized spacial score (nSPS) is 16.1. The van der Waals surface area contributed by atoms with Gasteiger partial charge in [0.1, 0.15) is 0 Å². The summed E-state index contributed by atoms with van der Waals surface area (Å²) in [5.74, 6) is -0.119. The van der Waals surface area contributed by atoms with E-state index in [2.05, 4.69) is 20.7 Å². The second kappa shape index (κ2) is 9.62. The summed E-state index contributed by atoms with van der Waals surface area (Å²) in [5.41, 5.74) is 1.09. The lowest BCUT2D eigenvalue weighted by Crippen LogP contribution is -2.23. The van der Waals surface area contributed by atoms with E-state index in [1.165, 1.54) is 6.20 Å². The lowest BCUT2D eigenvalue weighted by atomic mass is 10.1. The van der Waals surface area contributed by atoms with E-state index in [4.69, 9.17) is 4.74 Å². The van der Waals surface area contributed by atoms with Crippen molar-refractivity contribution in [3.05, 3.63) is 59.9 Å². The van der Waals surface area contributed by atoms with Crippen LogP contribution in [0.4, 0.5) is 18.9 Å². The standard InChI is InChI=1S/C23H24F3N5O2/c1-31-20(8-11-29-31)19-13-18(14-28-22(19)33-12-9-17-3-2-10-27-17)30-21(32)15-4-6-16(7-5-15)23(24,25)26/h4-8,11,13-14,17,27H,2-3,9-10,12H2,1H3,(H,30,32). The first kappa shape index (κ1) is 22.8. The number of nitrogens with zero attached hydrogens (tertiary/aromatic N) is 3. The van der Waals surface area contributed by atoms with Gasteiger partial charge in [-0.05, 0) is 62.2 Å². The predicted molar refractivity (Wildman–Crippen MR) is 117 cm³/mol. The van der Waals surface area contributed by atoms with E-state index >= 15 is 0 Å². The van der Waals surface area contributed by atoms with Crippen molar-refractivity contribution in [1.29, 1.82) is 0 Å². The molecule has 7 nitrogen and oxygen atoms in total. The molecule has 2 aromatic heterocycles. The van der Waals surface area contributed by atoms with Crippen LogP contribution >= 0.6 is 0 Å². The molecule has 174 valence electrons. The third-order valence-electron chi connectivity index (χ3n) is 5.55. The van der Waals surface area contributed by atoms with Crippen molar-refractivity contribution in [2.24, 2.45) is 7.05 Å². The molecule has 4 rings (SSSR count). The van der Waals surface area contributed by atoms with Crippen molar-refractivity contribution in [3.8, 4) is 17.1 Å². The zero-order chi connectivity index (χ0) is 23.4. The smallest absolute Gasteiger partial charge is 0.416 e. The molecule has 1 saturated heterocycles. The van der Waals surface area contributed by atoms with Gasteiger partial charge in [0, 0.05) is 24.8 Å². The fourth-order valence-corrected chi connectivity index (χ4v) is 3.77. The highest BCUT2D eigenvalue weighted by Crippen LogP contribution is 2.31. The Kier molecular flexibility index (Phi) is 6.64. The maximum absolute atomic E-state index is 12.8. The summed E-state index contributed by atoms with van der Waals surface area (Å²) >= 11 is 0. The Bertz CT molecular complexity index is 1110. The van der Waals surface area contributed by atoms with Crippen LogP contribution in [0, 0.1) is 0 Å². The molecule has 3 heterocycles. The lowest BCUT2D eigenvalue weighted by Gasteiger charge is -2.15. The Morgan fingerprint density at radius 1 is 1.27 bits per heavy atom. The minimum Gasteiger partial charge on any atom is -0.477 e. The van der Waals surface area contributed by atoms with E-state index in [1.54, 1.807) is 24.0 Å². The van der Waals surface area contributed by atoms with Gasteiger partial charge in [-0.1, -0.05) is 0 Å². The van der Waals surface area contributed by atoms with E-state index in [9.17, 15) is 18.0 Å². The van der Waals surface area contributed by atoms with E-state index < -0.39 is 17.6 Å². The molecule has 1 aliphatic heterocycles. The molecule has 3 aromatic rings. The topological polar surface area (TPSA) is 81.1 Å². The molecule has 33 heavy (non-hydrogen) atoms. The molecule has 1 atom stereocenters. The number of aryl methyl sites for hydroxylation is 1.